The molecule has 1 unspecified atom stereocenters. The van der Waals surface area contributed by atoms with Crippen molar-refractivity contribution in [3.63, 3.8) is 0 Å². The van der Waals surface area contributed by atoms with Crippen LogP contribution < -0.4 is 5.73 Å². The molecule has 0 radical (unpaired) electrons. The van der Waals surface area contributed by atoms with Crippen molar-refractivity contribution in [2.75, 3.05) is 0 Å². The highest BCUT2D eigenvalue weighted by molar-refractivity contribution is 9.10. The number of aromatic nitrogens is 1. The molecular weight excluding hydrogens is 295 g/mol. The highest BCUT2D eigenvalue weighted by atomic mass is 79.9. The Morgan fingerprint density at radius 1 is 1.33 bits per heavy atom. The molecule has 0 aliphatic rings. The molecule has 1 heterocycles. The van der Waals surface area contributed by atoms with E-state index in [1.807, 2.05) is 13.0 Å². The second kappa shape index (κ2) is 5.59. The monoisotopic (exact) mass is 308 g/mol. The van der Waals surface area contributed by atoms with E-state index in [1.165, 1.54) is 0 Å². The van der Waals surface area contributed by atoms with Gasteiger partial charge >= 0.3 is 0 Å². The van der Waals surface area contributed by atoms with E-state index in [1.54, 1.807) is 30.6 Å². The van der Waals surface area contributed by atoms with Crippen molar-refractivity contribution in [2.24, 2.45) is 5.73 Å². The van der Waals surface area contributed by atoms with Gasteiger partial charge in [-0.05, 0) is 45.6 Å². The first kappa shape index (κ1) is 13.2. The van der Waals surface area contributed by atoms with E-state index in [2.05, 4.69) is 20.9 Å². The molecule has 94 valence electrons. The topological polar surface area (TPSA) is 38.9 Å². The largest absolute Gasteiger partial charge is 0.320 e. The van der Waals surface area contributed by atoms with Gasteiger partial charge in [0, 0.05) is 18.0 Å². The third kappa shape index (κ3) is 2.44. The lowest BCUT2D eigenvalue weighted by atomic mass is 9.95. The highest BCUT2D eigenvalue weighted by Gasteiger charge is 2.17. The summed E-state index contributed by atoms with van der Waals surface area (Å²) in [5.41, 5.74) is 8.63. The van der Waals surface area contributed by atoms with Crippen molar-refractivity contribution in [2.45, 2.75) is 19.4 Å². The third-order valence-corrected chi connectivity index (χ3v) is 3.59. The number of nitrogens with two attached hydrogens (primary N) is 1. The summed E-state index contributed by atoms with van der Waals surface area (Å²) >= 11 is 3.18. The standard InChI is InChI=1S/C14H14BrFN2/c1-2-9-8-18-7-6-10(9)14(17)11-4-3-5-12(15)13(11)16/h3-8,14H,2,17H2,1H3. The van der Waals surface area contributed by atoms with Crippen LogP contribution in [-0.2, 0) is 6.42 Å². The molecule has 18 heavy (non-hydrogen) atoms. The summed E-state index contributed by atoms with van der Waals surface area (Å²) in [4.78, 5) is 4.07. The van der Waals surface area contributed by atoms with Crippen LogP contribution in [-0.4, -0.2) is 4.98 Å². The van der Waals surface area contributed by atoms with E-state index in [0.29, 0.717) is 10.0 Å². The SMILES string of the molecule is CCc1cnccc1C(N)c1cccc(Br)c1F. The first-order valence-electron chi connectivity index (χ1n) is 5.77. The second-order valence-corrected chi connectivity index (χ2v) is 4.90. The average molecular weight is 309 g/mol. The van der Waals surface area contributed by atoms with Crippen LogP contribution in [0.4, 0.5) is 4.39 Å². The Balaban J connectivity index is 2.48. The van der Waals surface area contributed by atoms with Crippen LogP contribution in [0.1, 0.15) is 29.7 Å². The summed E-state index contributed by atoms with van der Waals surface area (Å²) < 4.78 is 14.5. The quantitative estimate of drug-likeness (QED) is 0.941. The zero-order valence-electron chi connectivity index (χ0n) is 10.0. The molecule has 4 heteroatoms. The lowest BCUT2D eigenvalue weighted by molar-refractivity contribution is 0.592. The first-order valence-corrected chi connectivity index (χ1v) is 6.56. The van der Waals surface area contributed by atoms with E-state index < -0.39 is 6.04 Å². The number of aryl methyl sites for hydroxylation is 1. The van der Waals surface area contributed by atoms with Crippen LogP contribution in [0.2, 0.25) is 0 Å². The van der Waals surface area contributed by atoms with Crippen LogP contribution in [0.5, 0.6) is 0 Å². The fraction of sp³-hybridized carbons (Fsp3) is 0.214. The maximum Gasteiger partial charge on any atom is 0.142 e. The molecule has 0 bridgehead atoms. The predicted molar refractivity (Wildman–Crippen MR) is 73.7 cm³/mol. The second-order valence-electron chi connectivity index (χ2n) is 4.05. The van der Waals surface area contributed by atoms with Gasteiger partial charge in [0.15, 0.2) is 0 Å². The van der Waals surface area contributed by atoms with Gasteiger partial charge in [0.2, 0.25) is 0 Å². The molecule has 0 aliphatic carbocycles. The van der Waals surface area contributed by atoms with Crippen LogP contribution in [0.3, 0.4) is 0 Å². The Morgan fingerprint density at radius 3 is 2.83 bits per heavy atom. The summed E-state index contributed by atoms with van der Waals surface area (Å²) in [7, 11) is 0. The number of hydrogen-bond acceptors (Lipinski definition) is 2. The van der Waals surface area contributed by atoms with Gasteiger partial charge in [0.05, 0.1) is 10.5 Å². The number of hydrogen-bond donors (Lipinski definition) is 1. The van der Waals surface area contributed by atoms with E-state index in [9.17, 15) is 4.39 Å². The van der Waals surface area contributed by atoms with Gasteiger partial charge in [-0.1, -0.05) is 19.1 Å². The van der Waals surface area contributed by atoms with Crippen LogP contribution in [0, 0.1) is 5.82 Å². The zero-order valence-corrected chi connectivity index (χ0v) is 11.6. The number of pyridine rings is 1. The average Bonchev–Trinajstić information content (AvgIpc) is 2.41. The van der Waals surface area contributed by atoms with Gasteiger partial charge in [0.1, 0.15) is 5.82 Å². The minimum atomic E-state index is -0.472. The smallest absolute Gasteiger partial charge is 0.142 e. The third-order valence-electron chi connectivity index (χ3n) is 2.97. The number of benzene rings is 1. The van der Waals surface area contributed by atoms with Crippen LogP contribution >= 0.6 is 15.9 Å². The molecule has 0 saturated carbocycles. The van der Waals surface area contributed by atoms with Crippen molar-refractivity contribution in [3.8, 4) is 0 Å². The van der Waals surface area contributed by atoms with Gasteiger partial charge in [-0.25, -0.2) is 4.39 Å². The van der Waals surface area contributed by atoms with Crippen molar-refractivity contribution in [3.05, 3.63) is 63.6 Å². The fourth-order valence-electron chi connectivity index (χ4n) is 1.96. The summed E-state index contributed by atoms with van der Waals surface area (Å²) in [5, 5.41) is 0. The van der Waals surface area contributed by atoms with E-state index in [-0.39, 0.29) is 5.82 Å². The van der Waals surface area contributed by atoms with Crippen LogP contribution in [0.15, 0.2) is 41.1 Å². The summed E-state index contributed by atoms with van der Waals surface area (Å²) in [6.07, 6.45) is 4.29. The molecule has 2 nitrogen and oxygen atoms in total. The summed E-state index contributed by atoms with van der Waals surface area (Å²) in [5.74, 6) is -0.302. The van der Waals surface area contributed by atoms with E-state index in [0.717, 1.165) is 17.5 Å². The number of nitrogens with zero attached hydrogens (tertiary/aromatic N) is 1. The predicted octanol–water partition coefficient (Wildman–Crippen LogP) is 3.59. The molecule has 1 atom stereocenters. The molecule has 0 aliphatic heterocycles. The van der Waals surface area contributed by atoms with E-state index >= 15 is 0 Å². The van der Waals surface area contributed by atoms with Gasteiger partial charge in [-0.15, -0.1) is 0 Å². The minimum Gasteiger partial charge on any atom is -0.320 e. The fourth-order valence-corrected chi connectivity index (χ4v) is 2.35. The Labute approximate surface area is 114 Å². The molecule has 0 spiro atoms. The maximum atomic E-state index is 14.0. The van der Waals surface area contributed by atoms with Gasteiger partial charge in [-0.3, -0.25) is 4.98 Å². The number of halogens is 2. The molecular formula is C14H14BrFN2. The van der Waals surface area contributed by atoms with Crippen molar-refractivity contribution < 1.29 is 4.39 Å². The molecule has 2 aromatic rings. The lowest BCUT2D eigenvalue weighted by Crippen LogP contribution is -2.16. The Hall–Kier alpha value is -1.26. The van der Waals surface area contributed by atoms with Gasteiger partial charge in [-0.2, -0.15) is 0 Å². The Morgan fingerprint density at radius 2 is 2.11 bits per heavy atom. The molecule has 2 N–H and O–H groups in total. The first-order chi connectivity index (χ1) is 8.65. The van der Waals surface area contributed by atoms with Crippen molar-refractivity contribution >= 4 is 15.9 Å². The van der Waals surface area contributed by atoms with Gasteiger partial charge in [0.25, 0.3) is 0 Å². The molecule has 2 rings (SSSR count). The maximum absolute atomic E-state index is 14.0. The summed E-state index contributed by atoms with van der Waals surface area (Å²) in [6.45, 7) is 2.03. The zero-order chi connectivity index (χ0) is 13.1. The van der Waals surface area contributed by atoms with Gasteiger partial charge < -0.3 is 5.73 Å². The summed E-state index contributed by atoms with van der Waals surface area (Å²) in [6, 6.07) is 6.54. The van der Waals surface area contributed by atoms with E-state index in [4.69, 9.17) is 5.73 Å². The van der Waals surface area contributed by atoms with Crippen LogP contribution in [0.25, 0.3) is 0 Å². The van der Waals surface area contributed by atoms with Crippen molar-refractivity contribution in [1.29, 1.82) is 0 Å². The Kier molecular flexibility index (Phi) is 4.09. The van der Waals surface area contributed by atoms with Crippen molar-refractivity contribution in [1.82, 2.24) is 4.98 Å². The molecule has 1 aromatic carbocycles. The minimum absolute atomic E-state index is 0.302. The molecule has 0 saturated heterocycles. The molecule has 0 amide bonds. The lowest BCUT2D eigenvalue weighted by Gasteiger charge is -2.17. The molecule has 0 fully saturated rings. The highest BCUT2D eigenvalue weighted by Crippen LogP contribution is 2.28. The Bertz CT molecular complexity index is 557. The number of rotatable bonds is 3. The normalized spacial score (nSPS) is 12.4. The molecule has 1 aromatic heterocycles.